The first-order valence-electron chi connectivity index (χ1n) is 5.70. The molecule has 0 bridgehead atoms. The largest absolute Gasteiger partial charge is 0.469 e. The minimum atomic E-state index is -0.242. The minimum Gasteiger partial charge on any atom is -0.469 e. The Hall–Kier alpha value is -1.10. The van der Waals surface area contributed by atoms with Gasteiger partial charge in [-0.05, 0) is 26.3 Å². The predicted octanol–water partition coefficient (Wildman–Crippen LogP) is 0.150. The molecule has 0 aromatic heterocycles. The van der Waals surface area contributed by atoms with Crippen LogP contribution in [0.5, 0.6) is 0 Å². The molecule has 0 saturated carbocycles. The van der Waals surface area contributed by atoms with Crippen molar-refractivity contribution in [2.24, 2.45) is 0 Å². The summed E-state index contributed by atoms with van der Waals surface area (Å²) in [5.74, 6) is -0.176. The number of nitrogens with one attached hydrogen (secondary N) is 1. The third-order valence-corrected chi connectivity index (χ3v) is 2.91. The summed E-state index contributed by atoms with van der Waals surface area (Å²) in [6, 6.07) is 0.0158. The van der Waals surface area contributed by atoms with Crippen LogP contribution in [0.1, 0.15) is 25.7 Å². The fourth-order valence-corrected chi connectivity index (χ4v) is 2.07. The van der Waals surface area contributed by atoms with Gasteiger partial charge in [-0.25, -0.2) is 0 Å². The Morgan fingerprint density at radius 3 is 2.81 bits per heavy atom. The molecule has 1 atom stereocenters. The maximum absolute atomic E-state index is 11.8. The standard InChI is InChI=1S/C11H20N2O3/c1-12-8-10(14)13-6-4-3-5-9(13)7-11(15)16-2/h9,12H,3-8H2,1-2H3. The van der Waals surface area contributed by atoms with E-state index in [0.717, 1.165) is 25.8 Å². The van der Waals surface area contributed by atoms with Gasteiger partial charge in [-0.3, -0.25) is 9.59 Å². The van der Waals surface area contributed by atoms with E-state index in [4.69, 9.17) is 0 Å². The van der Waals surface area contributed by atoms with Crippen LogP contribution in [-0.2, 0) is 14.3 Å². The highest BCUT2D eigenvalue weighted by Gasteiger charge is 2.28. The highest BCUT2D eigenvalue weighted by atomic mass is 16.5. The Labute approximate surface area is 96.1 Å². The summed E-state index contributed by atoms with van der Waals surface area (Å²) in [6.45, 7) is 1.08. The van der Waals surface area contributed by atoms with Crippen molar-refractivity contribution in [3.05, 3.63) is 0 Å². The number of likely N-dealkylation sites (N-methyl/N-ethyl adjacent to an activating group) is 1. The molecule has 0 spiro atoms. The van der Waals surface area contributed by atoms with Gasteiger partial charge >= 0.3 is 5.97 Å². The lowest BCUT2D eigenvalue weighted by atomic mass is 9.99. The molecule has 1 fully saturated rings. The first-order valence-corrected chi connectivity index (χ1v) is 5.70. The fourth-order valence-electron chi connectivity index (χ4n) is 2.07. The lowest BCUT2D eigenvalue weighted by Gasteiger charge is -2.35. The Kier molecular flexibility index (Phi) is 5.25. The van der Waals surface area contributed by atoms with E-state index in [1.165, 1.54) is 7.11 Å². The van der Waals surface area contributed by atoms with Crippen LogP contribution >= 0.6 is 0 Å². The lowest BCUT2D eigenvalue weighted by Crippen LogP contribution is -2.47. The van der Waals surface area contributed by atoms with Gasteiger partial charge in [0.25, 0.3) is 0 Å². The molecule has 1 heterocycles. The average Bonchev–Trinajstić information content (AvgIpc) is 2.30. The number of nitrogens with zero attached hydrogens (tertiary/aromatic N) is 1. The van der Waals surface area contributed by atoms with Gasteiger partial charge in [0.05, 0.1) is 20.1 Å². The number of methoxy groups -OCH3 is 1. The third kappa shape index (κ3) is 3.48. The molecule has 0 aliphatic carbocycles. The van der Waals surface area contributed by atoms with Gasteiger partial charge in [-0.1, -0.05) is 0 Å². The maximum atomic E-state index is 11.8. The van der Waals surface area contributed by atoms with Crippen LogP contribution in [0.25, 0.3) is 0 Å². The number of likely N-dealkylation sites (tertiary alicyclic amines) is 1. The van der Waals surface area contributed by atoms with Crippen molar-refractivity contribution in [1.29, 1.82) is 0 Å². The fraction of sp³-hybridized carbons (Fsp3) is 0.818. The summed E-state index contributed by atoms with van der Waals surface area (Å²) >= 11 is 0. The molecule has 5 nitrogen and oxygen atoms in total. The molecular formula is C11H20N2O3. The van der Waals surface area contributed by atoms with Crippen LogP contribution in [0.2, 0.25) is 0 Å². The summed E-state index contributed by atoms with van der Waals surface area (Å²) in [6.07, 6.45) is 3.30. The third-order valence-electron chi connectivity index (χ3n) is 2.91. The SMILES string of the molecule is CNCC(=O)N1CCCCC1CC(=O)OC. The molecule has 1 aliphatic heterocycles. The number of carbonyl (C=O) groups is 2. The van der Waals surface area contributed by atoms with Gasteiger partial charge in [0.2, 0.25) is 5.91 Å². The predicted molar refractivity (Wildman–Crippen MR) is 59.9 cm³/mol. The lowest BCUT2D eigenvalue weighted by molar-refractivity contribution is -0.144. The Morgan fingerprint density at radius 1 is 1.44 bits per heavy atom. The van der Waals surface area contributed by atoms with Gasteiger partial charge in [-0.15, -0.1) is 0 Å². The van der Waals surface area contributed by atoms with Crippen molar-refractivity contribution in [3.8, 4) is 0 Å². The van der Waals surface area contributed by atoms with E-state index in [1.807, 2.05) is 0 Å². The molecular weight excluding hydrogens is 208 g/mol. The highest BCUT2D eigenvalue weighted by molar-refractivity contribution is 5.79. The second-order valence-electron chi connectivity index (χ2n) is 4.05. The zero-order valence-electron chi connectivity index (χ0n) is 9.99. The smallest absolute Gasteiger partial charge is 0.307 e. The molecule has 1 amide bonds. The van der Waals surface area contributed by atoms with Crippen molar-refractivity contribution >= 4 is 11.9 Å². The molecule has 1 unspecified atom stereocenters. The van der Waals surface area contributed by atoms with Crippen molar-refractivity contribution in [1.82, 2.24) is 10.2 Å². The zero-order chi connectivity index (χ0) is 12.0. The van der Waals surface area contributed by atoms with Crippen LogP contribution < -0.4 is 5.32 Å². The van der Waals surface area contributed by atoms with Crippen LogP contribution in [0, 0.1) is 0 Å². The number of hydrogen-bond acceptors (Lipinski definition) is 4. The zero-order valence-corrected chi connectivity index (χ0v) is 9.99. The van der Waals surface area contributed by atoms with Crippen LogP contribution in [0.3, 0.4) is 0 Å². The summed E-state index contributed by atoms with van der Waals surface area (Å²) in [7, 11) is 3.13. The summed E-state index contributed by atoms with van der Waals surface area (Å²) < 4.78 is 4.65. The summed E-state index contributed by atoms with van der Waals surface area (Å²) in [5.41, 5.74) is 0. The van der Waals surface area contributed by atoms with E-state index >= 15 is 0 Å². The number of amides is 1. The molecule has 1 saturated heterocycles. The van der Waals surface area contributed by atoms with Gasteiger partial charge in [0.1, 0.15) is 0 Å². The molecule has 1 aliphatic rings. The maximum Gasteiger partial charge on any atom is 0.307 e. The number of esters is 1. The molecule has 1 rings (SSSR count). The molecule has 1 N–H and O–H groups in total. The quantitative estimate of drug-likeness (QED) is 0.696. The number of hydrogen-bond donors (Lipinski definition) is 1. The number of ether oxygens (including phenoxy) is 1. The first-order chi connectivity index (χ1) is 7.69. The number of rotatable bonds is 4. The Balaban J connectivity index is 2.56. The molecule has 0 radical (unpaired) electrons. The molecule has 0 aromatic carbocycles. The Morgan fingerprint density at radius 2 is 2.19 bits per heavy atom. The van der Waals surface area contributed by atoms with E-state index in [0.29, 0.717) is 13.0 Å². The van der Waals surface area contributed by atoms with Crippen molar-refractivity contribution in [2.45, 2.75) is 31.7 Å². The van der Waals surface area contributed by atoms with Crippen molar-refractivity contribution < 1.29 is 14.3 Å². The van der Waals surface area contributed by atoms with E-state index in [-0.39, 0.29) is 17.9 Å². The average molecular weight is 228 g/mol. The highest BCUT2D eigenvalue weighted by Crippen LogP contribution is 2.19. The first kappa shape index (κ1) is 13.0. The second kappa shape index (κ2) is 6.48. The van der Waals surface area contributed by atoms with Crippen molar-refractivity contribution in [3.63, 3.8) is 0 Å². The van der Waals surface area contributed by atoms with Crippen LogP contribution in [-0.4, -0.2) is 50.1 Å². The molecule has 0 aromatic rings. The monoisotopic (exact) mass is 228 g/mol. The minimum absolute atomic E-state index is 0.0158. The topological polar surface area (TPSA) is 58.6 Å². The Bertz CT molecular complexity index is 256. The van der Waals surface area contributed by atoms with Gasteiger partial charge < -0.3 is 15.0 Å². The van der Waals surface area contributed by atoms with E-state index in [9.17, 15) is 9.59 Å². The van der Waals surface area contributed by atoms with Gasteiger partial charge in [0.15, 0.2) is 0 Å². The number of piperidine rings is 1. The summed E-state index contributed by atoms with van der Waals surface area (Å²) in [5, 5.41) is 2.85. The van der Waals surface area contributed by atoms with E-state index in [2.05, 4.69) is 10.1 Å². The molecule has 92 valence electrons. The second-order valence-corrected chi connectivity index (χ2v) is 4.05. The summed E-state index contributed by atoms with van der Waals surface area (Å²) in [4.78, 5) is 24.8. The van der Waals surface area contributed by atoms with Gasteiger partial charge in [0, 0.05) is 12.6 Å². The van der Waals surface area contributed by atoms with E-state index in [1.54, 1.807) is 11.9 Å². The van der Waals surface area contributed by atoms with Crippen molar-refractivity contribution in [2.75, 3.05) is 27.2 Å². The molecule has 16 heavy (non-hydrogen) atoms. The van der Waals surface area contributed by atoms with Crippen LogP contribution in [0.4, 0.5) is 0 Å². The molecule has 5 heteroatoms. The normalized spacial score (nSPS) is 20.6. The number of carbonyl (C=O) groups excluding carboxylic acids is 2. The van der Waals surface area contributed by atoms with Crippen LogP contribution in [0.15, 0.2) is 0 Å². The van der Waals surface area contributed by atoms with E-state index < -0.39 is 0 Å². The van der Waals surface area contributed by atoms with Gasteiger partial charge in [-0.2, -0.15) is 0 Å².